The number of nitrogens with zero attached hydrogens (tertiary/aromatic N) is 2. The summed E-state index contributed by atoms with van der Waals surface area (Å²) < 4.78 is 3.06. The Balaban J connectivity index is 1.55. The molecule has 20 heavy (non-hydrogen) atoms. The highest BCUT2D eigenvalue weighted by atomic mass is 79.9. The van der Waals surface area contributed by atoms with Crippen LogP contribution in [-0.4, -0.2) is 26.3 Å². The smallest absolute Gasteiger partial charge is 0.193 e. The van der Waals surface area contributed by atoms with Crippen molar-refractivity contribution in [3.05, 3.63) is 52.2 Å². The molecule has 0 spiro atoms. The van der Waals surface area contributed by atoms with Crippen LogP contribution in [0.4, 0.5) is 0 Å². The molecule has 3 rings (SSSR count). The zero-order valence-electron chi connectivity index (χ0n) is 10.6. The summed E-state index contributed by atoms with van der Waals surface area (Å²) in [5.41, 5.74) is 0.945. The van der Waals surface area contributed by atoms with E-state index in [1.807, 2.05) is 46.4 Å². The van der Waals surface area contributed by atoms with Gasteiger partial charge < -0.3 is 5.11 Å². The van der Waals surface area contributed by atoms with Crippen LogP contribution in [0.2, 0.25) is 0 Å². The highest BCUT2D eigenvalue weighted by Crippen LogP contribution is 2.22. The number of benzene rings is 1. The Bertz CT molecular complexity index is 664. The second-order valence-corrected chi connectivity index (χ2v) is 7.33. The molecule has 0 saturated carbocycles. The number of fused-ring (bicyclic) bond motifs is 1. The van der Waals surface area contributed by atoms with E-state index in [1.165, 1.54) is 0 Å². The van der Waals surface area contributed by atoms with Crippen LogP contribution in [0.15, 0.2) is 51.4 Å². The Morgan fingerprint density at radius 1 is 1.35 bits per heavy atom. The molecule has 0 aliphatic rings. The Kier molecular flexibility index (Phi) is 4.45. The van der Waals surface area contributed by atoms with Gasteiger partial charge in [0.2, 0.25) is 0 Å². The number of thioether (sulfide) groups is 1. The van der Waals surface area contributed by atoms with Crippen molar-refractivity contribution in [2.24, 2.45) is 0 Å². The number of halogens is 1. The maximum Gasteiger partial charge on any atom is 0.193 e. The standard InChI is InChI=1S/C14H13BrN2OS2/c15-10-1-3-13(4-2-10)20-9-12(18)7-11-8-17-5-6-19-14(17)16-11/h1-6,8,12,18H,7,9H2. The fourth-order valence-corrected chi connectivity index (χ4v) is 3.71. The van der Waals surface area contributed by atoms with Gasteiger partial charge >= 0.3 is 0 Å². The van der Waals surface area contributed by atoms with Crippen LogP contribution in [0.3, 0.4) is 0 Å². The third-order valence-electron chi connectivity index (χ3n) is 2.84. The maximum absolute atomic E-state index is 10.1. The summed E-state index contributed by atoms with van der Waals surface area (Å²) in [6, 6.07) is 8.12. The Morgan fingerprint density at radius 2 is 2.15 bits per heavy atom. The molecule has 3 nitrogen and oxygen atoms in total. The molecule has 0 aliphatic heterocycles. The molecule has 0 fully saturated rings. The fourth-order valence-electron chi connectivity index (χ4n) is 1.90. The topological polar surface area (TPSA) is 37.5 Å². The van der Waals surface area contributed by atoms with Crippen LogP contribution in [-0.2, 0) is 6.42 Å². The molecule has 0 amide bonds. The first-order valence-electron chi connectivity index (χ1n) is 6.18. The van der Waals surface area contributed by atoms with Gasteiger partial charge in [-0.2, -0.15) is 0 Å². The number of aliphatic hydroxyl groups excluding tert-OH is 1. The predicted octanol–water partition coefficient (Wildman–Crippen LogP) is 3.85. The third-order valence-corrected chi connectivity index (χ3v) is 5.30. The van der Waals surface area contributed by atoms with Crippen LogP contribution in [0.5, 0.6) is 0 Å². The summed E-state index contributed by atoms with van der Waals surface area (Å²) in [5.74, 6) is 0.673. The summed E-state index contributed by atoms with van der Waals surface area (Å²) >= 11 is 6.68. The lowest BCUT2D eigenvalue weighted by Crippen LogP contribution is -2.13. The molecular weight excluding hydrogens is 356 g/mol. The van der Waals surface area contributed by atoms with Crippen molar-refractivity contribution >= 4 is 44.0 Å². The van der Waals surface area contributed by atoms with Crippen LogP contribution < -0.4 is 0 Å². The van der Waals surface area contributed by atoms with Gasteiger partial charge in [-0.25, -0.2) is 4.98 Å². The van der Waals surface area contributed by atoms with Gasteiger partial charge in [-0.3, -0.25) is 4.40 Å². The van der Waals surface area contributed by atoms with Gasteiger partial charge in [0.1, 0.15) is 0 Å². The van der Waals surface area contributed by atoms with Crippen molar-refractivity contribution in [3.8, 4) is 0 Å². The monoisotopic (exact) mass is 368 g/mol. The number of imidazole rings is 1. The highest BCUT2D eigenvalue weighted by Gasteiger charge is 2.10. The summed E-state index contributed by atoms with van der Waals surface area (Å²) in [7, 11) is 0. The number of thiazole rings is 1. The Hall–Kier alpha value is -0.820. The number of aliphatic hydroxyl groups is 1. The van der Waals surface area contributed by atoms with E-state index in [9.17, 15) is 5.11 Å². The first kappa shape index (κ1) is 14.1. The third kappa shape index (κ3) is 3.44. The molecule has 6 heteroatoms. The summed E-state index contributed by atoms with van der Waals surface area (Å²) in [6.45, 7) is 0. The molecule has 1 atom stereocenters. The lowest BCUT2D eigenvalue weighted by Gasteiger charge is -2.08. The maximum atomic E-state index is 10.1. The van der Waals surface area contributed by atoms with E-state index in [1.54, 1.807) is 23.1 Å². The molecule has 3 aromatic rings. The first-order chi connectivity index (χ1) is 9.70. The summed E-state index contributed by atoms with van der Waals surface area (Å²) in [5, 5.41) is 12.1. The second-order valence-electron chi connectivity index (χ2n) is 4.45. The molecule has 104 valence electrons. The number of rotatable bonds is 5. The largest absolute Gasteiger partial charge is 0.392 e. The fraction of sp³-hybridized carbons (Fsp3) is 0.214. The lowest BCUT2D eigenvalue weighted by molar-refractivity contribution is 0.199. The average molecular weight is 369 g/mol. The van der Waals surface area contributed by atoms with Gasteiger partial charge in [-0.05, 0) is 24.3 Å². The molecule has 2 aromatic heterocycles. The number of hydrogen-bond acceptors (Lipinski definition) is 4. The normalized spacial score (nSPS) is 12.9. The summed E-state index contributed by atoms with van der Waals surface area (Å²) in [4.78, 5) is 6.63. The minimum Gasteiger partial charge on any atom is -0.392 e. The quantitative estimate of drug-likeness (QED) is 0.694. The minimum atomic E-state index is -0.381. The predicted molar refractivity (Wildman–Crippen MR) is 87.6 cm³/mol. The van der Waals surface area contributed by atoms with Gasteiger partial charge in [0.15, 0.2) is 4.96 Å². The highest BCUT2D eigenvalue weighted by molar-refractivity contribution is 9.10. The van der Waals surface area contributed by atoms with Gasteiger partial charge in [-0.1, -0.05) is 15.9 Å². The van der Waals surface area contributed by atoms with Crippen molar-refractivity contribution in [1.29, 1.82) is 0 Å². The Labute approximate surface area is 133 Å². The van der Waals surface area contributed by atoms with Crippen molar-refractivity contribution in [2.45, 2.75) is 17.4 Å². The molecule has 0 aliphatic carbocycles. The van der Waals surface area contributed by atoms with E-state index in [2.05, 4.69) is 20.9 Å². The zero-order chi connectivity index (χ0) is 13.9. The molecule has 0 bridgehead atoms. The van der Waals surface area contributed by atoms with Crippen molar-refractivity contribution in [3.63, 3.8) is 0 Å². The van der Waals surface area contributed by atoms with Crippen LogP contribution >= 0.6 is 39.0 Å². The van der Waals surface area contributed by atoms with Gasteiger partial charge in [0, 0.05) is 39.3 Å². The van der Waals surface area contributed by atoms with E-state index >= 15 is 0 Å². The average Bonchev–Trinajstić information content (AvgIpc) is 2.99. The molecule has 0 saturated heterocycles. The van der Waals surface area contributed by atoms with Crippen molar-refractivity contribution < 1.29 is 5.11 Å². The molecular formula is C14H13BrN2OS2. The second kappa shape index (κ2) is 6.30. The van der Waals surface area contributed by atoms with Crippen LogP contribution in [0, 0.1) is 0 Å². The SMILES string of the molecule is OC(CSc1ccc(Br)cc1)Cc1cn2ccsc2n1. The first-order valence-corrected chi connectivity index (χ1v) is 8.84. The molecule has 1 unspecified atom stereocenters. The van der Waals surface area contributed by atoms with E-state index in [0.29, 0.717) is 12.2 Å². The van der Waals surface area contributed by atoms with Crippen molar-refractivity contribution in [1.82, 2.24) is 9.38 Å². The van der Waals surface area contributed by atoms with E-state index in [0.717, 1.165) is 20.0 Å². The van der Waals surface area contributed by atoms with Gasteiger partial charge in [0.05, 0.1) is 11.8 Å². The van der Waals surface area contributed by atoms with Crippen LogP contribution in [0.1, 0.15) is 5.69 Å². The zero-order valence-corrected chi connectivity index (χ0v) is 13.8. The summed E-state index contributed by atoms with van der Waals surface area (Å²) in [6.07, 6.45) is 4.18. The van der Waals surface area contributed by atoms with E-state index in [-0.39, 0.29) is 6.10 Å². The van der Waals surface area contributed by atoms with Gasteiger partial charge in [0.25, 0.3) is 0 Å². The van der Waals surface area contributed by atoms with E-state index < -0.39 is 0 Å². The van der Waals surface area contributed by atoms with Crippen molar-refractivity contribution in [2.75, 3.05) is 5.75 Å². The van der Waals surface area contributed by atoms with E-state index in [4.69, 9.17) is 0 Å². The van der Waals surface area contributed by atoms with Gasteiger partial charge in [-0.15, -0.1) is 23.1 Å². The molecule has 1 N–H and O–H groups in total. The molecule has 0 radical (unpaired) electrons. The molecule has 2 heterocycles. The van der Waals surface area contributed by atoms with Crippen LogP contribution in [0.25, 0.3) is 4.96 Å². The Morgan fingerprint density at radius 3 is 2.90 bits per heavy atom. The lowest BCUT2D eigenvalue weighted by atomic mass is 10.2. The number of hydrogen-bond donors (Lipinski definition) is 1. The number of aromatic nitrogens is 2. The minimum absolute atomic E-state index is 0.381. The molecule has 1 aromatic carbocycles.